The topological polar surface area (TPSA) is 84.1 Å². The van der Waals surface area contributed by atoms with E-state index >= 15 is 0 Å². The molecule has 3 aliphatic carbocycles. The smallest absolute Gasteiger partial charge is 0.309 e. The molecule has 170 valence electrons. The van der Waals surface area contributed by atoms with Crippen molar-refractivity contribution < 1.29 is 28.8 Å². The van der Waals surface area contributed by atoms with Gasteiger partial charge in [0.1, 0.15) is 0 Å². The van der Waals surface area contributed by atoms with Gasteiger partial charge < -0.3 is 24.1 Å². The molecule has 3 saturated heterocycles. The van der Waals surface area contributed by atoms with Crippen LogP contribution in [0.1, 0.15) is 71.1 Å². The van der Waals surface area contributed by atoms with E-state index in [0.29, 0.717) is 49.0 Å². The molecule has 10 atom stereocenters. The van der Waals surface area contributed by atoms with Gasteiger partial charge in [-0.3, -0.25) is 4.79 Å². The van der Waals surface area contributed by atoms with E-state index in [2.05, 4.69) is 6.92 Å². The molecule has 6 fully saturated rings. The third-order valence-electron chi connectivity index (χ3n) is 8.30. The Hall–Kier alpha value is -0.690. The number of rotatable bonds is 5. The minimum Gasteiger partial charge on any atom is -0.465 e. The van der Waals surface area contributed by atoms with Crippen molar-refractivity contribution in [3.05, 3.63) is 0 Å². The van der Waals surface area contributed by atoms with Gasteiger partial charge in [-0.15, -0.1) is 0 Å². The maximum Gasteiger partial charge on any atom is 0.309 e. The van der Waals surface area contributed by atoms with Crippen LogP contribution in [0.15, 0.2) is 0 Å². The molecule has 0 aromatic carbocycles. The first-order valence-corrected chi connectivity index (χ1v) is 12.4. The van der Waals surface area contributed by atoms with Crippen molar-refractivity contribution in [1.82, 2.24) is 0 Å². The second-order valence-electron chi connectivity index (χ2n) is 10.4. The first-order chi connectivity index (χ1) is 14.6. The van der Waals surface area contributed by atoms with E-state index in [1.807, 2.05) is 0 Å². The molecule has 0 aromatic rings. The summed E-state index contributed by atoms with van der Waals surface area (Å²) in [7, 11) is 0. The summed E-state index contributed by atoms with van der Waals surface area (Å²) in [5.74, 6) is 1.89. The lowest BCUT2D eigenvalue weighted by molar-refractivity contribution is -0.151. The number of ether oxygens (including phenoxy) is 4. The van der Waals surface area contributed by atoms with Gasteiger partial charge in [-0.25, -0.2) is 0 Å². The molecule has 6 aliphatic rings. The van der Waals surface area contributed by atoms with E-state index in [0.717, 1.165) is 63.9 Å². The lowest BCUT2D eigenvalue weighted by Crippen LogP contribution is -2.30. The Morgan fingerprint density at radius 1 is 0.900 bits per heavy atom. The Morgan fingerprint density at radius 3 is 2.30 bits per heavy atom. The fourth-order valence-electron chi connectivity index (χ4n) is 5.96. The third-order valence-corrected chi connectivity index (χ3v) is 8.30. The van der Waals surface area contributed by atoms with E-state index in [4.69, 9.17) is 18.9 Å². The molecule has 3 heterocycles. The molecule has 6 heteroatoms. The highest BCUT2D eigenvalue weighted by molar-refractivity contribution is 5.72. The highest BCUT2D eigenvalue weighted by Crippen LogP contribution is 2.41. The standard InChI is InChI=1S/C14H20O4.C10H18O2/c15-14(9-2-4-11-13(6-9)18-11)16-7-8-1-3-10-12(5-8)17-10;1-2-7-5-8(10-6-12-10)3-4-9(7)11/h8-13H,1-7H2;7-11H,2-6H2,1H3. The summed E-state index contributed by atoms with van der Waals surface area (Å²) in [5.41, 5.74) is 0. The Labute approximate surface area is 180 Å². The SMILES string of the molecule is CCC1CC(C2CO2)CCC1O.O=C(OCC1CCC2OC2C1)C1CCC2OC2C1. The molecule has 6 rings (SSSR count). The zero-order valence-electron chi connectivity index (χ0n) is 18.2. The number of fused-ring (bicyclic) bond motifs is 2. The Bertz CT molecular complexity index is 607. The van der Waals surface area contributed by atoms with Crippen LogP contribution in [0.2, 0.25) is 0 Å². The van der Waals surface area contributed by atoms with E-state index in [-0.39, 0.29) is 18.0 Å². The van der Waals surface area contributed by atoms with Crippen molar-refractivity contribution in [1.29, 1.82) is 0 Å². The van der Waals surface area contributed by atoms with Crippen molar-refractivity contribution in [3.8, 4) is 0 Å². The minimum atomic E-state index is -0.0370. The molecule has 0 amide bonds. The van der Waals surface area contributed by atoms with E-state index < -0.39 is 0 Å². The Balaban J connectivity index is 0.000000140. The Kier molecular flexibility index (Phi) is 6.38. The van der Waals surface area contributed by atoms with Crippen LogP contribution in [-0.2, 0) is 23.7 Å². The van der Waals surface area contributed by atoms with Gasteiger partial charge in [-0.05, 0) is 75.5 Å². The summed E-state index contributed by atoms with van der Waals surface area (Å²) in [6.45, 7) is 3.73. The number of carbonyl (C=O) groups excluding carboxylic acids is 1. The molecule has 0 bridgehead atoms. The summed E-state index contributed by atoms with van der Waals surface area (Å²) >= 11 is 0. The fraction of sp³-hybridized carbons (Fsp3) is 0.958. The zero-order valence-corrected chi connectivity index (χ0v) is 18.2. The molecule has 30 heavy (non-hydrogen) atoms. The number of hydrogen-bond acceptors (Lipinski definition) is 6. The second-order valence-corrected chi connectivity index (χ2v) is 10.4. The van der Waals surface area contributed by atoms with Crippen molar-refractivity contribution in [3.63, 3.8) is 0 Å². The number of esters is 1. The van der Waals surface area contributed by atoms with Gasteiger partial charge in [0.15, 0.2) is 0 Å². The fourth-order valence-corrected chi connectivity index (χ4v) is 5.96. The largest absolute Gasteiger partial charge is 0.465 e. The predicted octanol–water partition coefficient (Wildman–Crippen LogP) is 3.24. The van der Waals surface area contributed by atoms with Crippen molar-refractivity contribution >= 4 is 5.97 Å². The van der Waals surface area contributed by atoms with Crippen LogP contribution >= 0.6 is 0 Å². The average Bonchev–Trinajstić information content (AvgIpc) is 3.63. The summed E-state index contributed by atoms with van der Waals surface area (Å²) in [5, 5.41) is 9.65. The summed E-state index contributed by atoms with van der Waals surface area (Å²) in [6, 6.07) is 0. The van der Waals surface area contributed by atoms with Gasteiger partial charge in [0.2, 0.25) is 0 Å². The summed E-state index contributed by atoms with van der Waals surface area (Å²) in [4.78, 5) is 12.0. The van der Waals surface area contributed by atoms with Gasteiger partial charge in [-0.2, -0.15) is 0 Å². The molecule has 10 unspecified atom stereocenters. The molecular formula is C24H38O6. The number of hydrogen-bond donors (Lipinski definition) is 1. The molecule has 1 N–H and O–H groups in total. The van der Waals surface area contributed by atoms with Gasteiger partial charge >= 0.3 is 5.97 Å². The van der Waals surface area contributed by atoms with Crippen LogP contribution in [-0.4, -0.2) is 60.9 Å². The van der Waals surface area contributed by atoms with E-state index in [1.165, 1.54) is 12.8 Å². The lowest BCUT2D eigenvalue weighted by atomic mass is 9.77. The zero-order chi connectivity index (χ0) is 20.7. The number of aliphatic hydroxyl groups is 1. The molecule has 3 aliphatic heterocycles. The van der Waals surface area contributed by atoms with Gasteiger partial charge in [0.05, 0.1) is 55.8 Å². The first kappa shape index (κ1) is 21.2. The molecule has 6 nitrogen and oxygen atoms in total. The van der Waals surface area contributed by atoms with Crippen LogP contribution in [0.3, 0.4) is 0 Å². The molecule has 3 saturated carbocycles. The minimum absolute atomic E-state index is 0.00258. The number of aliphatic hydroxyl groups excluding tert-OH is 1. The quantitative estimate of drug-likeness (QED) is 0.541. The monoisotopic (exact) mass is 422 g/mol. The summed E-state index contributed by atoms with van der Waals surface area (Å²) < 4.78 is 21.7. The summed E-state index contributed by atoms with van der Waals surface area (Å²) in [6.07, 6.45) is 13.0. The maximum absolute atomic E-state index is 12.0. The van der Waals surface area contributed by atoms with Crippen LogP contribution < -0.4 is 0 Å². The van der Waals surface area contributed by atoms with E-state index in [9.17, 15) is 9.90 Å². The predicted molar refractivity (Wildman–Crippen MR) is 110 cm³/mol. The highest BCUT2D eigenvalue weighted by Gasteiger charge is 2.47. The maximum atomic E-state index is 12.0. The van der Waals surface area contributed by atoms with Gasteiger partial charge in [-0.1, -0.05) is 13.3 Å². The highest BCUT2D eigenvalue weighted by atomic mass is 16.6. The normalized spacial score (nSPS) is 48.3. The van der Waals surface area contributed by atoms with Crippen LogP contribution in [0.4, 0.5) is 0 Å². The van der Waals surface area contributed by atoms with Crippen molar-refractivity contribution in [2.24, 2.45) is 23.7 Å². The third kappa shape index (κ3) is 5.20. The number of carbonyl (C=O) groups is 1. The molecule has 0 aromatic heterocycles. The second kappa shape index (κ2) is 9.05. The Morgan fingerprint density at radius 2 is 1.63 bits per heavy atom. The first-order valence-electron chi connectivity index (χ1n) is 12.4. The van der Waals surface area contributed by atoms with Crippen LogP contribution in [0, 0.1) is 23.7 Å². The molecular weight excluding hydrogens is 384 g/mol. The lowest BCUT2D eigenvalue weighted by Gasteiger charge is -2.31. The van der Waals surface area contributed by atoms with Crippen LogP contribution in [0.25, 0.3) is 0 Å². The van der Waals surface area contributed by atoms with Gasteiger partial charge in [0.25, 0.3) is 0 Å². The molecule has 0 spiro atoms. The molecule has 0 radical (unpaired) electrons. The van der Waals surface area contributed by atoms with Gasteiger partial charge in [0, 0.05) is 0 Å². The number of epoxide rings is 3. The van der Waals surface area contributed by atoms with Crippen molar-refractivity contribution in [2.75, 3.05) is 13.2 Å². The van der Waals surface area contributed by atoms with Crippen LogP contribution in [0.5, 0.6) is 0 Å². The van der Waals surface area contributed by atoms with Crippen molar-refractivity contribution in [2.45, 2.75) is 108 Å². The van der Waals surface area contributed by atoms with E-state index in [1.54, 1.807) is 0 Å². The average molecular weight is 423 g/mol.